The first-order chi connectivity index (χ1) is 9.41. The van der Waals surface area contributed by atoms with Crippen LogP contribution in [0.25, 0.3) is 11.3 Å². The second-order valence-electron chi connectivity index (χ2n) is 5.48. The van der Waals surface area contributed by atoms with Gasteiger partial charge in [-0.15, -0.1) is 12.4 Å². The number of aryl methyl sites for hydroxylation is 1. The second-order valence-corrected chi connectivity index (χ2v) is 5.48. The number of rotatable bonds is 4. The van der Waals surface area contributed by atoms with E-state index in [0.717, 1.165) is 5.56 Å². The van der Waals surface area contributed by atoms with E-state index in [0.29, 0.717) is 12.2 Å². The van der Waals surface area contributed by atoms with Gasteiger partial charge in [0.05, 0.1) is 0 Å². The second kappa shape index (κ2) is 6.74. The minimum atomic E-state index is -0.478. The van der Waals surface area contributed by atoms with E-state index in [2.05, 4.69) is 10.5 Å². The number of nitrogens with two attached hydrogens (primary N) is 1. The van der Waals surface area contributed by atoms with Gasteiger partial charge in [-0.05, 0) is 20.8 Å². The predicted octanol–water partition coefficient (Wildman–Crippen LogP) is 2.54. The van der Waals surface area contributed by atoms with Gasteiger partial charge < -0.3 is 15.6 Å². The van der Waals surface area contributed by atoms with Crippen molar-refractivity contribution >= 4 is 18.3 Å². The lowest BCUT2D eigenvalue weighted by molar-refractivity contribution is 0.0878. The van der Waals surface area contributed by atoms with Crippen LogP contribution in [0.1, 0.15) is 30.0 Å². The van der Waals surface area contributed by atoms with Gasteiger partial charge in [-0.3, -0.25) is 4.79 Å². The first-order valence-electron chi connectivity index (χ1n) is 6.47. The minimum absolute atomic E-state index is 0. The third-order valence-electron chi connectivity index (χ3n) is 3.04. The van der Waals surface area contributed by atoms with Crippen LogP contribution in [0.15, 0.2) is 34.9 Å². The Kier molecular flexibility index (Phi) is 5.52. The number of aromatic nitrogens is 1. The number of hydrogen-bond donors (Lipinski definition) is 2. The Hall–Kier alpha value is -1.85. The SMILES string of the molecule is Cc1ccc(-c2cc(C(=O)NC(C)(C)CN)on2)cc1.Cl. The van der Waals surface area contributed by atoms with Gasteiger partial charge in [-0.2, -0.15) is 0 Å². The van der Waals surface area contributed by atoms with Crippen LogP contribution in [-0.2, 0) is 0 Å². The van der Waals surface area contributed by atoms with E-state index in [1.54, 1.807) is 6.07 Å². The van der Waals surface area contributed by atoms with Gasteiger partial charge in [0.25, 0.3) is 5.91 Å². The molecule has 3 N–H and O–H groups in total. The molecule has 0 spiro atoms. The number of hydrogen-bond acceptors (Lipinski definition) is 4. The largest absolute Gasteiger partial charge is 0.350 e. The van der Waals surface area contributed by atoms with E-state index >= 15 is 0 Å². The monoisotopic (exact) mass is 309 g/mol. The first-order valence-corrected chi connectivity index (χ1v) is 6.47. The average molecular weight is 310 g/mol. The number of carbonyl (C=O) groups is 1. The van der Waals surface area contributed by atoms with Crippen LogP contribution >= 0.6 is 12.4 Å². The van der Waals surface area contributed by atoms with Crippen molar-refractivity contribution in [2.45, 2.75) is 26.3 Å². The summed E-state index contributed by atoms with van der Waals surface area (Å²) in [7, 11) is 0. The molecule has 0 fully saturated rings. The van der Waals surface area contributed by atoms with E-state index in [1.165, 1.54) is 5.56 Å². The number of amides is 1. The molecule has 0 atom stereocenters. The van der Waals surface area contributed by atoms with E-state index < -0.39 is 5.54 Å². The molecule has 0 aliphatic rings. The van der Waals surface area contributed by atoms with Gasteiger partial charge >= 0.3 is 0 Å². The summed E-state index contributed by atoms with van der Waals surface area (Å²) in [6.07, 6.45) is 0. The molecule has 0 saturated carbocycles. The lowest BCUT2D eigenvalue weighted by atomic mass is 10.1. The summed E-state index contributed by atoms with van der Waals surface area (Å²) in [5.41, 5.74) is 7.82. The lowest BCUT2D eigenvalue weighted by Crippen LogP contribution is -2.48. The van der Waals surface area contributed by atoms with Crippen LogP contribution in [0.2, 0.25) is 0 Å². The van der Waals surface area contributed by atoms with Gasteiger partial charge in [0, 0.05) is 23.7 Å². The Labute approximate surface area is 130 Å². The standard InChI is InChI=1S/C15H19N3O2.ClH/c1-10-4-6-11(7-5-10)12-8-13(20-18-12)14(19)17-15(2,3)9-16;/h4-8H,9,16H2,1-3H3,(H,17,19);1H. The maximum absolute atomic E-state index is 12.0. The summed E-state index contributed by atoms with van der Waals surface area (Å²) in [6, 6.07) is 9.49. The van der Waals surface area contributed by atoms with Crippen LogP contribution in [0, 0.1) is 6.92 Å². The minimum Gasteiger partial charge on any atom is -0.350 e. The molecule has 1 amide bonds. The van der Waals surface area contributed by atoms with Crippen LogP contribution < -0.4 is 11.1 Å². The summed E-state index contributed by atoms with van der Waals surface area (Å²) < 4.78 is 5.10. The summed E-state index contributed by atoms with van der Waals surface area (Å²) in [5.74, 6) is -0.131. The highest BCUT2D eigenvalue weighted by Gasteiger charge is 2.22. The molecule has 0 aliphatic heterocycles. The fraction of sp³-hybridized carbons (Fsp3) is 0.333. The molecule has 0 unspecified atom stereocenters. The topological polar surface area (TPSA) is 81.2 Å². The van der Waals surface area contributed by atoms with Crippen molar-refractivity contribution in [2.75, 3.05) is 6.54 Å². The summed E-state index contributed by atoms with van der Waals surface area (Å²) >= 11 is 0. The smallest absolute Gasteiger partial charge is 0.290 e. The normalized spacial score (nSPS) is 10.9. The molecular formula is C15H20ClN3O2. The zero-order chi connectivity index (χ0) is 14.8. The van der Waals surface area contributed by atoms with E-state index in [-0.39, 0.29) is 24.1 Å². The van der Waals surface area contributed by atoms with Crippen LogP contribution in [0.5, 0.6) is 0 Å². The molecule has 0 saturated heterocycles. The van der Waals surface area contributed by atoms with Crippen molar-refractivity contribution in [1.82, 2.24) is 10.5 Å². The highest BCUT2D eigenvalue weighted by atomic mass is 35.5. The molecule has 1 aromatic carbocycles. The zero-order valence-electron chi connectivity index (χ0n) is 12.3. The lowest BCUT2D eigenvalue weighted by Gasteiger charge is -2.23. The van der Waals surface area contributed by atoms with Gasteiger partial charge in [-0.1, -0.05) is 35.0 Å². The Morgan fingerprint density at radius 2 is 1.95 bits per heavy atom. The highest BCUT2D eigenvalue weighted by Crippen LogP contribution is 2.19. The van der Waals surface area contributed by atoms with Crippen molar-refractivity contribution < 1.29 is 9.32 Å². The molecule has 0 aliphatic carbocycles. The van der Waals surface area contributed by atoms with Crippen molar-refractivity contribution in [3.8, 4) is 11.3 Å². The Balaban J connectivity index is 0.00000220. The van der Waals surface area contributed by atoms with Gasteiger partial charge in [0.2, 0.25) is 5.76 Å². The van der Waals surface area contributed by atoms with Crippen LogP contribution in [0.4, 0.5) is 0 Å². The predicted molar refractivity (Wildman–Crippen MR) is 84.5 cm³/mol. The highest BCUT2D eigenvalue weighted by molar-refractivity contribution is 5.92. The molecule has 114 valence electrons. The van der Waals surface area contributed by atoms with Crippen LogP contribution in [0.3, 0.4) is 0 Å². The number of nitrogens with one attached hydrogen (secondary N) is 1. The van der Waals surface area contributed by atoms with Crippen molar-refractivity contribution in [3.05, 3.63) is 41.7 Å². The first kappa shape index (κ1) is 17.2. The van der Waals surface area contributed by atoms with Gasteiger partial charge in [0.1, 0.15) is 5.69 Å². The van der Waals surface area contributed by atoms with Crippen LogP contribution in [-0.4, -0.2) is 23.1 Å². The maximum atomic E-state index is 12.0. The summed E-state index contributed by atoms with van der Waals surface area (Å²) in [4.78, 5) is 12.0. The third-order valence-corrected chi connectivity index (χ3v) is 3.04. The molecule has 1 aromatic heterocycles. The fourth-order valence-electron chi connectivity index (χ4n) is 1.66. The molecule has 0 bridgehead atoms. The molecule has 6 heteroatoms. The quantitative estimate of drug-likeness (QED) is 0.909. The molecule has 2 rings (SSSR count). The van der Waals surface area contributed by atoms with E-state index in [1.807, 2.05) is 45.0 Å². The molecule has 21 heavy (non-hydrogen) atoms. The van der Waals surface area contributed by atoms with Gasteiger partial charge in [0.15, 0.2) is 0 Å². The molecule has 0 radical (unpaired) electrons. The van der Waals surface area contributed by atoms with Gasteiger partial charge in [-0.25, -0.2) is 0 Å². The van der Waals surface area contributed by atoms with Crippen molar-refractivity contribution in [3.63, 3.8) is 0 Å². The maximum Gasteiger partial charge on any atom is 0.290 e. The zero-order valence-corrected chi connectivity index (χ0v) is 13.2. The van der Waals surface area contributed by atoms with E-state index in [9.17, 15) is 4.79 Å². The van der Waals surface area contributed by atoms with Crippen molar-refractivity contribution in [2.24, 2.45) is 5.73 Å². The average Bonchev–Trinajstić information content (AvgIpc) is 2.89. The number of nitrogens with zero attached hydrogens (tertiary/aromatic N) is 1. The number of carbonyl (C=O) groups excluding carboxylic acids is 1. The third kappa shape index (κ3) is 4.31. The van der Waals surface area contributed by atoms with Crippen molar-refractivity contribution in [1.29, 1.82) is 0 Å². The Morgan fingerprint density at radius 1 is 1.33 bits per heavy atom. The molecule has 2 aromatic rings. The van der Waals surface area contributed by atoms with E-state index in [4.69, 9.17) is 10.3 Å². The molecule has 1 heterocycles. The fourth-order valence-corrected chi connectivity index (χ4v) is 1.66. The Morgan fingerprint density at radius 3 is 2.52 bits per heavy atom. The number of halogens is 1. The summed E-state index contributed by atoms with van der Waals surface area (Å²) in [5, 5.41) is 6.72. The Bertz CT molecular complexity index is 606. The number of benzene rings is 1. The molecular weight excluding hydrogens is 290 g/mol. The summed E-state index contributed by atoms with van der Waals surface area (Å²) in [6.45, 7) is 6.06. The molecule has 5 nitrogen and oxygen atoms in total.